The van der Waals surface area contributed by atoms with E-state index < -0.39 is 0 Å². The summed E-state index contributed by atoms with van der Waals surface area (Å²) in [5.41, 5.74) is 0. The van der Waals surface area contributed by atoms with Gasteiger partial charge in [0.05, 0.1) is 0 Å². The second-order valence-corrected chi connectivity index (χ2v) is 5.94. The first kappa shape index (κ1) is 14.1. The van der Waals surface area contributed by atoms with Gasteiger partial charge in [-0.3, -0.25) is 0 Å². The molecule has 94 valence electrons. The highest BCUT2D eigenvalue weighted by Gasteiger charge is 2.19. The maximum atomic E-state index is 3.75. The number of unbranched alkanes of at least 4 members (excludes halogenated alkanes) is 3. The number of thioether (sulfide) groups is 1. The zero-order valence-corrected chi connectivity index (χ0v) is 11.5. The normalized spacial score (nSPS) is 25.6. The van der Waals surface area contributed by atoms with Crippen molar-refractivity contribution in [2.45, 2.75) is 62.7 Å². The van der Waals surface area contributed by atoms with Crippen LogP contribution in [0, 0.1) is 0 Å². The summed E-state index contributed by atoms with van der Waals surface area (Å²) in [5.74, 6) is 0. The molecule has 1 saturated carbocycles. The Bertz CT molecular complexity index is 174. The fourth-order valence-corrected chi connectivity index (χ4v) is 3.14. The Balaban J connectivity index is 1.92. The SMILES string of the molecule is C=CCCCCCNC1CCC(SC)CC1. The van der Waals surface area contributed by atoms with Crippen LogP contribution in [-0.4, -0.2) is 24.1 Å². The van der Waals surface area contributed by atoms with E-state index in [0.29, 0.717) is 0 Å². The zero-order valence-electron chi connectivity index (χ0n) is 10.7. The molecule has 0 atom stereocenters. The largest absolute Gasteiger partial charge is 0.314 e. The summed E-state index contributed by atoms with van der Waals surface area (Å²) in [6.45, 7) is 4.96. The van der Waals surface area contributed by atoms with E-state index in [0.717, 1.165) is 11.3 Å². The molecule has 0 radical (unpaired) electrons. The van der Waals surface area contributed by atoms with Crippen molar-refractivity contribution in [2.24, 2.45) is 0 Å². The summed E-state index contributed by atoms with van der Waals surface area (Å²) in [4.78, 5) is 0. The van der Waals surface area contributed by atoms with E-state index in [2.05, 4.69) is 18.2 Å². The van der Waals surface area contributed by atoms with Gasteiger partial charge in [0, 0.05) is 11.3 Å². The van der Waals surface area contributed by atoms with Crippen molar-refractivity contribution in [2.75, 3.05) is 12.8 Å². The summed E-state index contributed by atoms with van der Waals surface area (Å²) >= 11 is 2.05. The second-order valence-electron chi connectivity index (χ2n) is 4.80. The minimum atomic E-state index is 0.808. The second kappa shape index (κ2) is 9.12. The van der Waals surface area contributed by atoms with Gasteiger partial charge in [0.25, 0.3) is 0 Å². The average Bonchev–Trinajstić information content (AvgIpc) is 2.34. The number of allylic oxidation sites excluding steroid dienone is 1. The van der Waals surface area contributed by atoms with Crippen LogP contribution in [0.2, 0.25) is 0 Å². The quantitative estimate of drug-likeness (QED) is 0.509. The first-order valence-corrected chi connectivity index (χ1v) is 8.02. The number of hydrogen-bond acceptors (Lipinski definition) is 2. The average molecular weight is 241 g/mol. The van der Waals surface area contributed by atoms with Gasteiger partial charge in [0.2, 0.25) is 0 Å². The highest BCUT2D eigenvalue weighted by molar-refractivity contribution is 7.99. The van der Waals surface area contributed by atoms with E-state index in [4.69, 9.17) is 0 Å². The van der Waals surface area contributed by atoms with Gasteiger partial charge < -0.3 is 5.32 Å². The van der Waals surface area contributed by atoms with Crippen LogP contribution in [0.25, 0.3) is 0 Å². The molecule has 0 amide bonds. The number of rotatable bonds is 8. The van der Waals surface area contributed by atoms with E-state index in [1.807, 2.05) is 17.8 Å². The van der Waals surface area contributed by atoms with E-state index in [1.165, 1.54) is 57.9 Å². The molecule has 16 heavy (non-hydrogen) atoms. The Morgan fingerprint density at radius 1 is 1.19 bits per heavy atom. The van der Waals surface area contributed by atoms with Crippen LogP contribution in [0.5, 0.6) is 0 Å². The van der Waals surface area contributed by atoms with Gasteiger partial charge in [0.1, 0.15) is 0 Å². The van der Waals surface area contributed by atoms with Gasteiger partial charge >= 0.3 is 0 Å². The Hall–Kier alpha value is 0.0500. The highest BCUT2D eigenvalue weighted by Crippen LogP contribution is 2.26. The molecule has 2 heteroatoms. The fraction of sp³-hybridized carbons (Fsp3) is 0.857. The van der Waals surface area contributed by atoms with Crippen molar-refractivity contribution in [3.05, 3.63) is 12.7 Å². The lowest BCUT2D eigenvalue weighted by Crippen LogP contribution is -2.34. The zero-order chi connectivity index (χ0) is 11.6. The lowest BCUT2D eigenvalue weighted by atomic mass is 9.95. The summed E-state index contributed by atoms with van der Waals surface area (Å²) in [6.07, 6.45) is 15.0. The summed E-state index contributed by atoms with van der Waals surface area (Å²) in [5, 5.41) is 4.64. The van der Waals surface area contributed by atoms with Crippen molar-refractivity contribution >= 4 is 11.8 Å². The van der Waals surface area contributed by atoms with Crippen molar-refractivity contribution in [1.29, 1.82) is 0 Å². The molecule has 1 aliphatic rings. The van der Waals surface area contributed by atoms with Gasteiger partial charge in [-0.25, -0.2) is 0 Å². The molecule has 0 spiro atoms. The van der Waals surface area contributed by atoms with Gasteiger partial charge in [0.15, 0.2) is 0 Å². The maximum Gasteiger partial charge on any atom is 0.00678 e. The third kappa shape index (κ3) is 5.95. The van der Waals surface area contributed by atoms with Crippen LogP contribution < -0.4 is 5.32 Å². The molecule has 0 unspecified atom stereocenters. The molecule has 1 aliphatic carbocycles. The molecule has 1 N–H and O–H groups in total. The Morgan fingerprint density at radius 2 is 1.94 bits per heavy atom. The van der Waals surface area contributed by atoms with E-state index in [1.54, 1.807) is 0 Å². The molecule has 0 aliphatic heterocycles. The molecule has 0 saturated heterocycles. The maximum absolute atomic E-state index is 3.75. The van der Waals surface area contributed by atoms with Gasteiger partial charge in [-0.05, 0) is 57.7 Å². The Morgan fingerprint density at radius 3 is 2.56 bits per heavy atom. The molecular formula is C14H27NS. The monoisotopic (exact) mass is 241 g/mol. The van der Waals surface area contributed by atoms with Crippen molar-refractivity contribution in [3.63, 3.8) is 0 Å². The van der Waals surface area contributed by atoms with Crippen LogP contribution in [-0.2, 0) is 0 Å². The number of nitrogens with one attached hydrogen (secondary N) is 1. The molecular weight excluding hydrogens is 214 g/mol. The predicted molar refractivity (Wildman–Crippen MR) is 76.2 cm³/mol. The molecule has 1 fully saturated rings. The van der Waals surface area contributed by atoms with E-state index in [-0.39, 0.29) is 0 Å². The van der Waals surface area contributed by atoms with Crippen LogP contribution in [0.4, 0.5) is 0 Å². The van der Waals surface area contributed by atoms with Crippen molar-refractivity contribution in [3.8, 4) is 0 Å². The van der Waals surface area contributed by atoms with Crippen molar-refractivity contribution in [1.82, 2.24) is 5.32 Å². The van der Waals surface area contributed by atoms with Crippen molar-refractivity contribution < 1.29 is 0 Å². The molecule has 0 aromatic carbocycles. The van der Waals surface area contributed by atoms with Gasteiger partial charge in [-0.15, -0.1) is 6.58 Å². The smallest absolute Gasteiger partial charge is 0.00678 e. The van der Waals surface area contributed by atoms with Crippen LogP contribution in [0.3, 0.4) is 0 Å². The predicted octanol–water partition coefficient (Wildman–Crippen LogP) is 4.00. The summed E-state index contributed by atoms with van der Waals surface area (Å²) < 4.78 is 0. The lowest BCUT2D eigenvalue weighted by Gasteiger charge is -2.28. The molecule has 0 bridgehead atoms. The molecule has 0 aromatic rings. The standard InChI is InChI=1S/C14H27NS/c1-3-4-5-6-7-12-15-13-8-10-14(16-2)11-9-13/h3,13-15H,1,4-12H2,2H3. The van der Waals surface area contributed by atoms with E-state index in [9.17, 15) is 0 Å². The topological polar surface area (TPSA) is 12.0 Å². The Kier molecular flexibility index (Phi) is 8.04. The minimum absolute atomic E-state index is 0.808. The molecule has 1 rings (SSSR count). The summed E-state index contributed by atoms with van der Waals surface area (Å²) in [7, 11) is 0. The third-order valence-corrected chi connectivity index (χ3v) is 4.66. The van der Waals surface area contributed by atoms with Crippen LogP contribution in [0.15, 0.2) is 12.7 Å². The number of hydrogen-bond donors (Lipinski definition) is 1. The van der Waals surface area contributed by atoms with Crippen LogP contribution >= 0.6 is 11.8 Å². The molecule has 1 nitrogen and oxygen atoms in total. The first-order valence-electron chi connectivity index (χ1n) is 6.74. The Labute approximate surface area is 105 Å². The first-order chi connectivity index (χ1) is 7.86. The summed E-state index contributed by atoms with van der Waals surface area (Å²) in [6, 6.07) is 0.808. The molecule has 0 heterocycles. The minimum Gasteiger partial charge on any atom is -0.314 e. The third-order valence-electron chi connectivity index (χ3n) is 3.53. The van der Waals surface area contributed by atoms with Crippen LogP contribution in [0.1, 0.15) is 51.4 Å². The molecule has 0 aromatic heterocycles. The van der Waals surface area contributed by atoms with Gasteiger partial charge in [-0.1, -0.05) is 12.5 Å². The lowest BCUT2D eigenvalue weighted by molar-refractivity contribution is 0.376. The highest BCUT2D eigenvalue weighted by atomic mass is 32.2. The van der Waals surface area contributed by atoms with E-state index >= 15 is 0 Å². The van der Waals surface area contributed by atoms with Gasteiger partial charge in [-0.2, -0.15) is 11.8 Å². The fourth-order valence-electron chi connectivity index (χ4n) is 2.40.